The molecule has 0 aliphatic carbocycles. The zero-order valence-corrected chi connectivity index (χ0v) is 18.2. The van der Waals surface area contributed by atoms with Crippen LogP contribution in [0, 0.1) is 6.92 Å². The third-order valence-electron chi connectivity index (χ3n) is 4.82. The minimum absolute atomic E-state index is 0.818. The molecular weight excluding hydrogens is 404 g/mol. The van der Waals surface area contributed by atoms with E-state index in [1.807, 2.05) is 12.1 Å². The van der Waals surface area contributed by atoms with E-state index in [9.17, 15) is 0 Å². The van der Waals surface area contributed by atoms with Gasteiger partial charge < -0.3 is 19.5 Å². The van der Waals surface area contributed by atoms with Crippen molar-refractivity contribution >= 4 is 44.3 Å². The van der Waals surface area contributed by atoms with Crippen LogP contribution >= 0.6 is 15.9 Å². The van der Waals surface area contributed by atoms with E-state index in [1.54, 1.807) is 7.11 Å². The van der Waals surface area contributed by atoms with Crippen LogP contribution in [0.3, 0.4) is 0 Å². The van der Waals surface area contributed by atoms with Gasteiger partial charge in [-0.2, -0.15) is 0 Å². The summed E-state index contributed by atoms with van der Waals surface area (Å²) in [6.07, 6.45) is 1.12. The highest BCUT2D eigenvalue weighted by molar-refractivity contribution is 9.10. The van der Waals surface area contributed by atoms with Gasteiger partial charge in [0.15, 0.2) is 0 Å². The highest BCUT2D eigenvalue weighted by Gasteiger charge is 2.16. The Balaban J connectivity index is 2.06. The van der Waals surface area contributed by atoms with Gasteiger partial charge in [0.05, 0.1) is 29.5 Å². The number of anilines is 3. The zero-order chi connectivity index (χ0) is 19.6. The standard InChI is InChI=1S/C21H27BrN4O/c1-6-11-26(7-2)18-10-8-9-17-20(18)25(4)21(23-17)24-19-14(3)12-15(27-5)13-16(19)22/h8-10,12-13H,6-7,11H2,1-5H3,(H,23,24). The van der Waals surface area contributed by atoms with Gasteiger partial charge in [0.25, 0.3) is 0 Å². The Kier molecular flexibility index (Phi) is 5.95. The molecule has 0 spiro atoms. The summed E-state index contributed by atoms with van der Waals surface area (Å²) in [6.45, 7) is 8.48. The maximum atomic E-state index is 5.35. The average Bonchev–Trinajstić information content (AvgIpc) is 2.98. The smallest absolute Gasteiger partial charge is 0.208 e. The molecule has 3 rings (SSSR count). The van der Waals surface area contributed by atoms with E-state index in [0.717, 1.165) is 58.0 Å². The lowest BCUT2D eigenvalue weighted by atomic mass is 10.2. The van der Waals surface area contributed by atoms with Crippen molar-refractivity contribution in [3.63, 3.8) is 0 Å². The first kappa shape index (κ1) is 19.5. The van der Waals surface area contributed by atoms with Crippen LogP contribution in [0.2, 0.25) is 0 Å². The monoisotopic (exact) mass is 430 g/mol. The number of fused-ring (bicyclic) bond motifs is 1. The molecule has 0 saturated carbocycles. The summed E-state index contributed by atoms with van der Waals surface area (Å²) in [4.78, 5) is 7.25. The fourth-order valence-corrected chi connectivity index (χ4v) is 4.07. The minimum Gasteiger partial charge on any atom is -0.497 e. The largest absolute Gasteiger partial charge is 0.497 e. The maximum absolute atomic E-state index is 5.35. The second-order valence-corrected chi connectivity index (χ2v) is 7.50. The number of benzene rings is 2. The Morgan fingerprint density at radius 1 is 1.26 bits per heavy atom. The second kappa shape index (κ2) is 8.21. The number of hydrogen-bond acceptors (Lipinski definition) is 4. The molecule has 1 N–H and O–H groups in total. The molecule has 6 heteroatoms. The number of halogens is 1. The van der Waals surface area contributed by atoms with E-state index in [-0.39, 0.29) is 0 Å². The third kappa shape index (κ3) is 3.76. The summed E-state index contributed by atoms with van der Waals surface area (Å²) in [7, 11) is 3.74. The molecule has 0 bridgehead atoms. The maximum Gasteiger partial charge on any atom is 0.208 e. The van der Waals surface area contributed by atoms with Crippen LogP contribution in [0.1, 0.15) is 25.8 Å². The molecule has 0 unspecified atom stereocenters. The van der Waals surface area contributed by atoms with E-state index in [1.165, 1.54) is 5.69 Å². The number of hydrogen-bond donors (Lipinski definition) is 1. The number of imidazole rings is 1. The summed E-state index contributed by atoms with van der Waals surface area (Å²) in [5.74, 6) is 1.65. The zero-order valence-electron chi connectivity index (χ0n) is 16.6. The number of nitrogens with one attached hydrogen (secondary N) is 1. The van der Waals surface area contributed by atoms with Gasteiger partial charge in [-0.25, -0.2) is 4.98 Å². The van der Waals surface area contributed by atoms with Crippen molar-refractivity contribution < 1.29 is 4.74 Å². The van der Waals surface area contributed by atoms with Crippen molar-refractivity contribution in [1.29, 1.82) is 0 Å². The summed E-state index contributed by atoms with van der Waals surface area (Å²) in [5, 5.41) is 3.50. The number of para-hydroxylation sites is 1. The molecule has 5 nitrogen and oxygen atoms in total. The van der Waals surface area contributed by atoms with Gasteiger partial charge in [0.2, 0.25) is 5.95 Å². The highest BCUT2D eigenvalue weighted by Crippen LogP contribution is 2.35. The van der Waals surface area contributed by atoms with Crippen molar-refractivity contribution in [2.24, 2.45) is 7.05 Å². The van der Waals surface area contributed by atoms with Gasteiger partial charge >= 0.3 is 0 Å². The van der Waals surface area contributed by atoms with E-state index >= 15 is 0 Å². The molecule has 27 heavy (non-hydrogen) atoms. The number of nitrogens with zero attached hydrogens (tertiary/aromatic N) is 3. The van der Waals surface area contributed by atoms with Crippen molar-refractivity contribution in [2.45, 2.75) is 27.2 Å². The Bertz CT molecular complexity index is 928. The summed E-state index contributed by atoms with van der Waals surface area (Å²) in [5.41, 5.74) is 5.46. The number of methoxy groups -OCH3 is 1. The predicted octanol–water partition coefficient (Wildman–Crippen LogP) is 5.63. The number of ether oxygens (including phenoxy) is 1. The molecule has 0 saturated heterocycles. The fourth-order valence-electron chi connectivity index (χ4n) is 3.43. The van der Waals surface area contributed by atoms with Crippen LogP contribution in [0.25, 0.3) is 11.0 Å². The molecular formula is C21H27BrN4O. The lowest BCUT2D eigenvalue weighted by Gasteiger charge is -2.23. The molecule has 0 aliphatic rings. The van der Waals surface area contributed by atoms with Crippen molar-refractivity contribution in [3.8, 4) is 5.75 Å². The topological polar surface area (TPSA) is 42.3 Å². The molecule has 0 radical (unpaired) electrons. The van der Waals surface area contributed by atoms with Crippen molar-refractivity contribution in [3.05, 3.63) is 40.4 Å². The van der Waals surface area contributed by atoms with Gasteiger partial charge in [-0.15, -0.1) is 0 Å². The molecule has 3 aromatic rings. The summed E-state index contributed by atoms with van der Waals surface area (Å²) >= 11 is 3.65. The summed E-state index contributed by atoms with van der Waals surface area (Å²) < 4.78 is 8.44. The molecule has 0 amide bonds. The number of aryl methyl sites for hydroxylation is 2. The molecule has 0 fully saturated rings. The molecule has 144 valence electrons. The Morgan fingerprint density at radius 2 is 2.04 bits per heavy atom. The SMILES string of the molecule is CCCN(CC)c1cccc2nc(Nc3c(C)cc(OC)cc3Br)n(C)c12. The van der Waals surface area contributed by atoms with Crippen LogP contribution in [-0.4, -0.2) is 29.8 Å². The number of rotatable bonds is 7. The van der Waals surface area contributed by atoms with Gasteiger partial charge in [0, 0.05) is 24.6 Å². The molecule has 1 aromatic heterocycles. The van der Waals surface area contributed by atoms with Crippen LogP contribution in [0.5, 0.6) is 5.75 Å². The van der Waals surface area contributed by atoms with E-state index in [0.29, 0.717) is 0 Å². The van der Waals surface area contributed by atoms with E-state index in [2.05, 4.69) is 76.7 Å². The highest BCUT2D eigenvalue weighted by atomic mass is 79.9. The first-order valence-corrected chi connectivity index (χ1v) is 10.1. The lowest BCUT2D eigenvalue weighted by Crippen LogP contribution is -2.24. The fraction of sp³-hybridized carbons (Fsp3) is 0.381. The normalized spacial score (nSPS) is 11.0. The third-order valence-corrected chi connectivity index (χ3v) is 5.45. The van der Waals surface area contributed by atoms with Crippen molar-refractivity contribution in [2.75, 3.05) is 30.4 Å². The van der Waals surface area contributed by atoms with Crippen LogP contribution in [0.15, 0.2) is 34.8 Å². The Labute approximate surface area is 169 Å². The van der Waals surface area contributed by atoms with Gasteiger partial charge in [-0.3, -0.25) is 0 Å². The Morgan fingerprint density at radius 3 is 2.67 bits per heavy atom. The first-order chi connectivity index (χ1) is 13.0. The Hall–Kier alpha value is -2.21. The van der Waals surface area contributed by atoms with Crippen molar-refractivity contribution in [1.82, 2.24) is 9.55 Å². The van der Waals surface area contributed by atoms with Crippen LogP contribution in [0.4, 0.5) is 17.3 Å². The van der Waals surface area contributed by atoms with Gasteiger partial charge in [0.1, 0.15) is 5.75 Å². The summed E-state index contributed by atoms with van der Waals surface area (Å²) in [6, 6.07) is 10.3. The van der Waals surface area contributed by atoms with E-state index < -0.39 is 0 Å². The van der Waals surface area contributed by atoms with Gasteiger partial charge in [-0.1, -0.05) is 13.0 Å². The lowest BCUT2D eigenvalue weighted by molar-refractivity contribution is 0.414. The predicted molar refractivity (Wildman–Crippen MR) is 118 cm³/mol. The molecule has 0 atom stereocenters. The second-order valence-electron chi connectivity index (χ2n) is 6.65. The number of aromatic nitrogens is 2. The quantitative estimate of drug-likeness (QED) is 0.526. The molecule has 2 aromatic carbocycles. The minimum atomic E-state index is 0.818. The van der Waals surface area contributed by atoms with E-state index in [4.69, 9.17) is 9.72 Å². The van der Waals surface area contributed by atoms with Gasteiger partial charge in [-0.05, 0) is 66.0 Å². The van der Waals surface area contributed by atoms with Crippen LogP contribution < -0.4 is 15.0 Å². The average molecular weight is 431 g/mol. The molecule has 1 heterocycles. The first-order valence-electron chi connectivity index (χ1n) is 9.31. The molecule has 0 aliphatic heterocycles. The van der Waals surface area contributed by atoms with Crippen LogP contribution in [-0.2, 0) is 7.05 Å².